The van der Waals surface area contributed by atoms with Gasteiger partial charge in [-0.3, -0.25) is 4.79 Å². The molecule has 1 aromatic heterocycles. The monoisotopic (exact) mass is 289 g/mol. The minimum atomic E-state index is -0.582. The minimum absolute atomic E-state index is 0.201. The van der Waals surface area contributed by atoms with Crippen molar-refractivity contribution in [3.63, 3.8) is 0 Å². The van der Waals surface area contributed by atoms with Crippen LogP contribution in [0.25, 0.3) is 0 Å². The van der Waals surface area contributed by atoms with Gasteiger partial charge in [-0.25, -0.2) is 0 Å². The van der Waals surface area contributed by atoms with E-state index in [9.17, 15) is 4.79 Å². The van der Waals surface area contributed by atoms with Gasteiger partial charge in [-0.15, -0.1) is 0 Å². The van der Waals surface area contributed by atoms with Crippen molar-refractivity contribution in [2.45, 2.75) is 19.1 Å². The number of hydrogen-bond acceptors (Lipinski definition) is 4. The van der Waals surface area contributed by atoms with Crippen LogP contribution in [0, 0.1) is 0 Å². The summed E-state index contributed by atoms with van der Waals surface area (Å²) in [5.74, 6) is 1.14. The molecule has 2 atom stereocenters. The first-order valence-electron chi connectivity index (χ1n) is 6.76. The molecular weight excluding hydrogens is 270 g/mol. The van der Waals surface area contributed by atoms with Crippen LogP contribution in [0.5, 0.6) is 5.75 Å². The standard InChI is InChI=1S/C16H19NO4/c1-12(21-13-7-4-3-5-8-13)16(18)17-11-15(19-2)14-9-6-10-20-14/h3-10,12,15H,11H2,1-2H3,(H,17,18)/t12-,15-/m1/s1. The van der Waals surface area contributed by atoms with E-state index < -0.39 is 6.10 Å². The molecule has 1 heterocycles. The molecule has 1 N–H and O–H groups in total. The summed E-state index contributed by atoms with van der Waals surface area (Å²) in [7, 11) is 1.57. The molecule has 1 aromatic carbocycles. The molecule has 2 aromatic rings. The Bertz CT molecular complexity index is 539. The van der Waals surface area contributed by atoms with E-state index in [1.165, 1.54) is 0 Å². The Balaban J connectivity index is 1.83. The number of methoxy groups -OCH3 is 1. The van der Waals surface area contributed by atoms with Crippen molar-refractivity contribution in [1.29, 1.82) is 0 Å². The second kappa shape index (κ2) is 7.50. The highest BCUT2D eigenvalue weighted by molar-refractivity contribution is 5.80. The minimum Gasteiger partial charge on any atom is -0.481 e. The largest absolute Gasteiger partial charge is 0.481 e. The lowest BCUT2D eigenvalue weighted by molar-refractivity contribution is -0.127. The lowest BCUT2D eigenvalue weighted by Gasteiger charge is -2.17. The van der Waals surface area contributed by atoms with Crippen molar-refractivity contribution in [2.24, 2.45) is 0 Å². The van der Waals surface area contributed by atoms with E-state index >= 15 is 0 Å². The van der Waals surface area contributed by atoms with Gasteiger partial charge in [-0.2, -0.15) is 0 Å². The summed E-state index contributed by atoms with van der Waals surface area (Å²) in [5, 5.41) is 2.79. The highest BCUT2D eigenvalue weighted by Crippen LogP contribution is 2.16. The molecule has 5 nitrogen and oxygen atoms in total. The quantitative estimate of drug-likeness (QED) is 0.851. The fraction of sp³-hybridized carbons (Fsp3) is 0.312. The highest BCUT2D eigenvalue weighted by atomic mass is 16.5. The van der Waals surface area contributed by atoms with Gasteiger partial charge in [0, 0.05) is 7.11 Å². The molecular formula is C16H19NO4. The number of para-hydroxylation sites is 1. The summed E-state index contributed by atoms with van der Waals surface area (Å²) in [5.41, 5.74) is 0. The van der Waals surface area contributed by atoms with E-state index in [2.05, 4.69) is 5.32 Å². The topological polar surface area (TPSA) is 60.7 Å². The highest BCUT2D eigenvalue weighted by Gasteiger charge is 2.18. The molecule has 0 unspecified atom stereocenters. The number of amides is 1. The van der Waals surface area contributed by atoms with E-state index in [-0.39, 0.29) is 12.0 Å². The van der Waals surface area contributed by atoms with Gasteiger partial charge in [-0.1, -0.05) is 18.2 Å². The Morgan fingerprint density at radius 1 is 1.24 bits per heavy atom. The van der Waals surface area contributed by atoms with Crippen LogP contribution >= 0.6 is 0 Å². The molecule has 0 aliphatic heterocycles. The number of hydrogen-bond donors (Lipinski definition) is 1. The molecule has 0 radical (unpaired) electrons. The smallest absolute Gasteiger partial charge is 0.260 e. The van der Waals surface area contributed by atoms with Gasteiger partial charge < -0.3 is 19.2 Å². The van der Waals surface area contributed by atoms with Crippen LogP contribution in [-0.4, -0.2) is 25.7 Å². The fourth-order valence-electron chi connectivity index (χ4n) is 1.87. The zero-order chi connectivity index (χ0) is 15.1. The number of rotatable bonds is 7. The van der Waals surface area contributed by atoms with Gasteiger partial charge in [0.25, 0.3) is 5.91 Å². The predicted octanol–water partition coefficient (Wildman–Crippen LogP) is 2.55. The number of carbonyl (C=O) groups excluding carboxylic acids is 1. The van der Waals surface area contributed by atoms with E-state index in [4.69, 9.17) is 13.9 Å². The van der Waals surface area contributed by atoms with Crippen LogP contribution in [-0.2, 0) is 9.53 Å². The molecule has 0 spiro atoms. The second-order valence-electron chi connectivity index (χ2n) is 4.56. The predicted molar refractivity (Wildman–Crippen MR) is 78.0 cm³/mol. The summed E-state index contributed by atoms with van der Waals surface area (Å²) in [6.45, 7) is 2.03. The maximum atomic E-state index is 12.0. The third-order valence-corrected chi connectivity index (χ3v) is 3.03. The van der Waals surface area contributed by atoms with Gasteiger partial charge in [0.1, 0.15) is 17.6 Å². The summed E-state index contributed by atoms with van der Waals surface area (Å²) in [4.78, 5) is 12.0. The van der Waals surface area contributed by atoms with Crippen molar-refractivity contribution in [2.75, 3.05) is 13.7 Å². The van der Waals surface area contributed by atoms with Gasteiger partial charge in [-0.05, 0) is 31.2 Å². The first-order chi connectivity index (χ1) is 10.2. The van der Waals surface area contributed by atoms with Crippen LogP contribution in [0.3, 0.4) is 0 Å². The number of benzene rings is 1. The van der Waals surface area contributed by atoms with Crippen molar-refractivity contribution >= 4 is 5.91 Å². The average Bonchev–Trinajstić information content (AvgIpc) is 3.03. The maximum absolute atomic E-state index is 12.0. The third kappa shape index (κ3) is 4.36. The lowest BCUT2D eigenvalue weighted by Crippen LogP contribution is -2.38. The van der Waals surface area contributed by atoms with Crippen LogP contribution < -0.4 is 10.1 Å². The van der Waals surface area contributed by atoms with Gasteiger partial charge in [0.05, 0.1) is 12.8 Å². The maximum Gasteiger partial charge on any atom is 0.260 e. The van der Waals surface area contributed by atoms with Gasteiger partial charge >= 0.3 is 0 Å². The molecule has 2 rings (SSSR count). The molecule has 0 saturated heterocycles. The van der Waals surface area contributed by atoms with Crippen LogP contribution in [0.1, 0.15) is 18.8 Å². The first kappa shape index (κ1) is 15.1. The zero-order valence-electron chi connectivity index (χ0n) is 12.1. The second-order valence-corrected chi connectivity index (χ2v) is 4.56. The third-order valence-electron chi connectivity index (χ3n) is 3.03. The normalized spacial score (nSPS) is 13.4. The Morgan fingerprint density at radius 2 is 2.00 bits per heavy atom. The van der Waals surface area contributed by atoms with Crippen LogP contribution in [0.4, 0.5) is 0 Å². The molecule has 21 heavy (non-hydrogen) atoms. The SMILES string of the molecule is CO[C@H](CNC(=O)[C@@H](C)Oc1ccccc1)c1ccco1. The van der Waals surface area contributed by atoms with Gasteiger partial charge in [0.15, 0.2) is 6.10 Å². The van der Waals surface area contributed by atoms with Crippen LogP contribution in [0.15, 0.2) is 53.1 Å². The summed E-state index contributed by atoms with van der Waals surface area (Å²) in [6.07, 6.45) is 0.680. The molecule has 0 fully saturated rings. The number of carbonyl (C=O) groups is 1. The van der Waals surface area contributed by atoms with E-state index in [0.717, 1.165) is 0 Å². The Kier molecular flexibility index (Phi) is 5.40. The number of ether oxygens (including phenoxy) is 2. The summed E-state index contributed by atoms with van der Waals surface area (Å²) < 4.78 is 16.1. The van der Waals surface area contributed by atoms with E-state index in [1.807, 2.05) is 36.4 Å². The molecule has 1 amide bonds. The van der Waals surface area contributed by atoms with Crippen molar-refractivity contribution in [3.05, 3.63) is 54.5 Å². The molecule has 5 heteroatoms. The molecule has 0 bridgehead atoms. The number of nitrogens with one attached hydrogen (secondary N) is 1. The summed E-state index contributed by atoms with van der Waals surface area (Å²) >= 11 is 0. The molecule has 112 valence electrons. The van der Waals surface area contributed by atoms with Crippen molar-refractivity contribution < 1.29 is 18.7 Å². The molecule has 0 aliphatic rings. The van der Waals surface area contributed by atoms with E-state index in [0.29, 0.717) is 18.1 Å². The van der Waals surface area contributed by atoms with Crippen molar-refractivity contribution in [3.8, 4) is 5.75 Å². The summed E-state index contributed by atoms with van der Waals surface area (Å²) in [6, 6.07) is 12.8. The number of furan rings is 1. The van der Waals surface area contributed by atoms with E-state index in [1.54, 1.807) is 26.4 Å². The first-order valence-corrected chi connectivity index (χ1v) is 6.76. The zero-order valence-corrected chi connectivity index (χ0v) is 12.1. The Morgan fingerprint density at radius 3 is 2.62 bits per heavy atom. The Hall–Kier alpha value is -2.27. The van der Waals surface area contributed by atoms with Crippen molar-refractivity contribution in [1.82, 2.24) is 5.32 Å². The molecule has 0 aliphatic carbocycles. The average molecular weight is 289 g/mol. The lowest BCUT2D eigenvalue weighted by atomic mass is 10.2. The fourth-order valence-corrected chi connectivity index (χ4v) is 1.87. The Labute approximate surface area is 123 Å². The molecule has 0 saturated carbocycles. The van der Waals surface area contributed by atoms with Crippen LogP contribution in [0.2, 0.25) is 0 Å². The van der Waals surface area contributed by atoms with Gasteiger partial charge in [0.2, 0.25) is 0 Å².